The Morgan fingerprint density at radius 1 is 0.970 bits per heavy atom. The summed E-state index contributed by atoms with van der Waals surface area (Å²) in [6.45, 7) is 4.90. The molecule has 0 radical (unpaired) electrons. The number of aromatic nitrogens is 4. The Morgan fingerprint density at radius 2 is 1.73 bits per heavy atom. The van der Waals surface area contributed by atoms with Crippen LogP contribution in [0.25, 0.3) is 11.3 Å². The molecule has 1 amide bonds. The van der Waals surface area contributed by atoms with Gasteiger partial charge in [0.25, 0.3) is 0 Å². The molecule has 2 atom stereocenters. The quantitative estimate of drug-likeness (QED) is 0.428. The second kappa shape index (κ2) is 10.2. The third kappa shape index (κ3) is 5.70. The highest BCUT2D eigenvalue weighted by molar-refractivity contribution is 5.94. The summed E-state index contributed by atoms with van der Waals surface area (Å²) >= 11 is 0. The summed E-state index contributed by atoms with van der Waals surface area (Å²) in [5.74, 6) is 0.591. The van der Waals surface area contributed by atoms with Crippen molar-refractivity contribution in [3.63, 3.8) is 0 Å². The fraction of sp³-hybridized carbons (Fsp3) is 0.231. The molecule has 2 N–H and O–H groups in total. The monoisotopic (exact) mass is 440 g/mol. The lowest BCUT2D eigenvalue weighted by Crippen LogP contribution is -2.35. The van der Waals surface area contributed by atoms with Gasteiger partial charge in [-0.05, 0) is 36.1 Å². The van der Waals surface area contributed by atoms with Gasteiger partial charge in [-0.15, -0.1) is 0 Å². The van der Waals surface area contributed by atoms with Gasteiger partial charge in [0.2, 0.25) is 5.91 Å². The van der Waals surface area contributed by atoms with Crippen molar-refractivity contribution in [1.82, 2.24) is 25.3 Å². The highest BCUT2D eigenvalue weighted by atomic mass is 16.2. The third-order valence-electron chi connectivity index (χ3n) is 5.58. The summed E-state index contributed by atoms with van der Waals surface area (Å²) in [6, 6.07) is 21.4. The number of nitrogens with one attached hydrogen (secondary N) is 2. The van der Waals surface area contributed by atoms with E-state index in [0.29, 0.717) is 12.4 Å². The van der Waals surface area contributed by atoms with Crippen molar-refractivity contribution in [2.24, 2.45) is 7.05 Å². The molecule has 7 heteroatoms. The van der Waals surface area contributed by atoms with Crippen LogP contribution in [-0.4, -0.2) is 32.4 Å². The second-order valence-electron chi connectivity index (χ2n) is 8.20. The van der Waals surface area contributed by atoms with Gasteiger partial charge in [-0.25, -0.2) is 4.98 Å². The van der Waals surface area contributed by atoms with Crippen molar-refractivity contribution >= 4 is 11.7 Å². The van der Waals surface area contributed by atoms with Crippen molar-refractivity contribution in [1.29, 1.82) is 0 Å². The van der Waals surface area contributed by atoms with E-state index in [4.69, 9.17) is 0 Å². The van der Waals surface area contributed by atoms with Crippen molar-refractivity contribution in [3.8, 4) is 11.3 Å². The number of amides is 1. The average Bonchev–Trinajstić information content (AvgIpc) is 3.27. The first-order valence-electron chi connectivity index (χ1n) is 11.0. The lowest BCUT2D eigenvalue weighted by Gasteiger charge is -2.21. The first kappa shape index (κ1) is 22.4. The number of anilines is 1. The molecule has 0 spiro atoms. The average molecular weight is 441 g/mol. The number of hydrogen-bond acceptors (Lipinski definition) is 5. The molecule has 0 aliphatic carbocycles. The zero-order chi connectivity index (χ0) is 23.2. The molecule has 4 rings (SSSR count). The number of benzene rings is 2. The van der Waals surface area contributed by atoms with Crippen LogP contribution in [-0.2, 0) is 11.8 Å². The summed E-state index contributed by atoms with van der Waals surface area (Å²) in [5.41, 5.74) is 4.95. The standard InChI is InChI=1S/C26H28N6O/c1-18-9-11-20(12-10-18)19(2)15-28-25(21-7-5-4-6-8-21)26(33)30-24-14-13-22(16-27-24)23-17-29-32(3)31-23/h4-14,16-17,19,25,28H,15H2,1-3H3,(H,27,30,33)/t19-,25-/m1/s1. The number of pyridine rings is 1. The van der Waals surface area contributed by atoms with E-state index >= 15 is 0 Å². The number of hydrogen-bond donors (Lipinski definition) is 2. The SMILES string of the molecule is Cc1ccc([C@H](C)CN[C@@H](C(=O)Nc2ccc(-c3cnn(C)n3)cn2)c2ccccc2)cc1. The number of nitrogens with zero attached hydrogens (tertiary/aromatic N) is 4. The van der Waals surface area contributed by atoms with Crippen LogP contribution in [0.4, 0.5) is 5.82 Å². The molecule has 168 valence electrons. The molecule has 33 heavy (non-hydrogen) atoms. The minimum atomic E-state index is -0.499. The van der Waals surface area contributed by atoms with Crippen molar-refractivity contribution in [2.75, 3.05) is 11.9 Å². The van der Waals surface area contributed by atoms with Gasteiger partial charge >= 0.3 is 0 Å². The molecular weight excluding hydrogens is 412 g/mol. The van der Waals surface area contributed by atoms with Crippen LogP contribution < -0.4 is 10.6 Å². The minimum absolute atomic E-state index is 0.156. The molecule has 0 bridgehead atoms. The Morgan fingerprint density at radius 3 is 2.36 bits per heavy atom. The van der Waals surface area contributed by atoms with Crippen LogP contribution in [0.5, 0.6) is 0 Å². The van der Waals surface area contributed by atoms with Crippen LogP contribution in [0.15, 0.2) is 79.1 Å². The molecule has 0 fully saturated rings. The van der Waals surface area contributed by atoms with Crippen molar-refractivity contribution < 1.29 is 4.79 Å². The van der Waals surface area contributed by atoms with Gasteiger partial charge in [0.15, 0.2) is 0 Å². The normalized spacial score (nSPS) is 12.8. The zero-order valence-electron chi connectivity index (χ0n) is 19.1. The maximum atomic E-state index is 13.2. The first-order valence-corrected chi connectivity index (χ1v) is 11.0. The highest BCUT2D eigenvalue weighted by Gasteiger charge is 2.21. The Kier molecular flexibility index (Phi) is 6.90. The van der Waals surface area contributed by atoms with Crippen LogP contribution in [0.1, 0.15) is 35.6 Å². The van der Waals surface area contributed by atoms with Crippen LogP contribution in [0.2, 0.25) is 0 Å². The maximum absolute atomic E-state index is 13.2. The number of rotatable bonds is 8. The van der Waals surface area contributed by atoms with Crippen LogP contribution >= 0.6 is 0 Å². The molecule has 0 aliphatic rings. The van der Waals surface area contributed by atoms with E-state index in [1.165, 1.54) is 15.9 Å². The first-order chi connectivity index (χ1) is 16.0. The summed E-state index contributed by atoms with van der Waals surface area (Å²) < 4.78 is 0. The largest absolute Gasteiger partial charge is 0.309 e. The van der Waals surface area contributed by atoms with Gasteiger partial charge in [-0.3, -0.25) is 4.79 Å². The predicted octanol–water partition coefficient (Wildman–Crippen LogP) is 4.26. The molecule has 7 nitrogen and oxygen atoms in total. The molecule has 2 aromatic heterocycles. The third-order valence-corrected chi connectivity index (χ3v) is 5.58. The molecule has 2 heterocycles. The van der Waals surface area contributed by atoms with E-state index in [-0.39, 0.29) is 11.8 Å². The molecule has 4 aromatic rings. The van der Waals surface area contributed by atoms with E-state index < -0.39 is 6.04 Å². The summed E-state index contributed by atoms with van der Waals surface area (Å²) in [5, 5.41) is 14.7. The van der Waals surface area contributed by atoms with Gasteiger partial charge in [-0.2, -0.15) is 15.0 Å². The van der Waals surface area contributed by atoms with Gasteiger partial charge < -0.3 is 10.6 Å². The van der Waals surface area contributed by atoms with Gasteiger partial charge in [-0.1, -0.05) is 67.1 Å². The minimum Gasteiger partial charge on any atom is -0.309 e. The summed E-state index contributed by atoms with van der Waals surface area (Å²) in [4.78, 5) is 19.1. The molecule has 2 aromatic carbocycles. The molecule has 0 unspecified atom stereocenters. The fourth-order valence-electron chi connectivity index (χ4n) is 3.61. The molecular formula is C26H28N6O. The highest BCUT2D eigenvalue weighted by Crippen LogP contribution is 2.21. The molecule has 0 aliphatic heterocycles. The van der Waals surface area contributed by atoms with Crippen LogP contribution in [0, 0.1) is 6.92 Å². The Bertz CT molecular complexity index is 1190. The van der Waals surface area contributed by atoms with Crippen LogP contribution in [0.3, 0.4) is 0 Å². The summed E-state index contributed by atoms with van der Waals surface area (Å²) in [6.07, 6.45) is 3.36. The Labute approximate surface area is 193 Å². The second-order valence-corrected chi connectivity index (χ2v) is 8.20. The van der Waals surface area contributed by atoms with Gasteiger partial charge in [0, 0.05) is 25.4 Å². The van der Waals surface area contributed by atoms with Gasteiger partial charge in [0.05, 0.1) is 6.20 Å². The number of carbonyl (C=O) groups is 1. The van der Waals surface area contributed by atoms with E-state index in [9.17, 15) is 4.79 Å². The fourth-order valence-corrected chi connectivity index (χ4v) is 3.61. The van der Waals surface area contributed by atoms with Crippen molar-refractivity contribution in [3.05, 3.63) is 95.8 Å². The summed E-state index contributed by atoms with van der Waals surface area (Å²) in [7, 11) is 1.77. The number of carbonyl (C=O) groups excluding carboxylic acids is 1. The van der Waals surface area contributed by atoms with Gasteiger partial charge in [0.1, 0.15) is 17.6 Å². The molecule has 0 saturated heterocycles. The predicted molar refractivity (Wildman–Crippen MR) is 130 cm³/mol. The Balaban J connectivity index is 1.46. The topological polar surface area (TPSA) is 84.7 Å². The number of aryl methyl sites for hydroxylation is 2. The lowest BCUT2D eigenvalue weighted by molar-refractivity contribution is -0.118. The van der Waals surface area contributed by atoms with Crippen molar-refractivity contribution in [2.45, 2.75) is 25.8 Å². The zero-order valence-corrected chi connectivity index (χ0v) is 19.1. The van der Waals surface area contributed by atoms with E-state index in [2.05, 4.69) is 63.9 Å². The smallest absolute Gasteiger partial charge is 0.247 e. The van der Waals surface area contributed by atoms with E-state index in [0.717, 1.165) is 16.8 Å². The Hall–Kier alpha value is -3.84. The molecule has 0 saturated carbocycles. The lowest BCUT2D eigenvalue weighted by atomic mass is 9.98. The maximum Gasteiger partial charge on any atom is 0.247 e. The van der Waals surface area contributed by atoms with E-state index in [1.54, 1.807) is 25.5 Å². The van der Waals surface area contributed by atoms with E-state index in [1.807, 2.05) is 36.4 Å².